The Balaban J connectivity index is 1.55. The van der Waals surface area contributed by atoms with E-state index in [2.05, 4.69) is 22.4 Å². The minimum Gasteiger partial charge on any atom is -0.497 e. The van der Waals surface area contributed by atoms with E-state index in [4.69, 9.17) is 4.74 Å². The van der Waals surface area contributed by atoms with Crippen LogP contribution in [0.1, 0.15) is 12.5 Å². The number of thioether (sulfide) groups is 1. The van der Waals surface area contributed by atoms with Crippen LogP contribution in [0.3, 0.4) is 0 Å². The van der Waals surface area contributed by atoms with E-state index in [0.29, 0.717) is 5.03 Å². The van der Waals surface area contributed by atoms with Crippen LogP contribution in [0.15, 0.2) is 65.7 Å². The highest BCUT2D eigenvalue weighted by molar-refractivity contribution is 7.99. The van der Waals surface area contributed by atoms with E-state index in [-0.39, 0.29) is 11.7 Å². The molecule has 6 heteroatoms. The van der Waals surface area contributed by atoms with Crippen molar-refractivity contribution < 1.29 is 9.53 Å². The predicted molar refractivity (Wildman–Crippen MR) is 109 cm³/mol. The van der Waals surface area contributed by atoms with Crippen LogP contribution in [0.2, 0.25) is 0 Å². The van der Waals surface area contributed by atoms with Gasteiger partial charge < -0.3 is 10.1 Å². The van der Waals surface area contributed by atoms with Crippen LogP contribution >= 0.6 is 11.8 Å². The second-order valence-electron chi connectivity index (χ2n) is 5.88. The minimum absolute atomic E-state index is 0.0667. The average molecular weight is 379 g/mol. The van der Waals surface area contributed by atoms with E-state index >= 15 is 0 Å². The number of amides is 1. The van der Waals surface area contributed by atoms with Crippen LogP contribution in [0.4, 0.5) is 5.69 Å². The number of carbonyl (C=O) groups excluding carboxylic acids is 1. The van der Waals surface area contributed by atoms with Gasteiger partial charge in [-0.05, 0) is 48.4 Å². The summed E-state index contributed by atoms with van der Waals surface area (Å²) in [6.07, 6.45) is 0.981. The molecule has 0 bridgehead atoms. The molecule has 0 saturated heterocycles. The van der Waals surface area contributed by atoms with Gasteiger partial charge in [-0.15, -0.1) is 10.2 Å². The van der Waals surface area contributed by atoms with Gasteiger partial charge in [-0.1, -0.05) is 43.0 Å². The normalized spacial score (nSPS) is 10.4. The first-order valence-corrected chi connectivity index (χ1v) is 9.66. The third-order valence-corrected chi connectivity index (χ3v) is 4.92. The molecule has 0 spiro atoms. The minimum atomic E-state index is -0.0667. The van der Waals surface area contributed by atoms with Crippen molar-refractivity contribution in [2.24, 2.45) is 0 Å². The van der Waals surface area contributed by atoms with Gasteiger partial charge >= 0.3 is 0 Å². The molecule has 3 rings (SSSR count). The maximum absolute atomic E-state index is 12.1. The van der Waals surface area contributed by atoms with E-state index in [0.717, 1.165) is 29.1 Å². The summed E-state index contributed by atoms with van der Waals surface area (Å²) < 4.78 is 5.23. The fourth-order valence-electron chi connectivity index (χ4n) is 2.49. The van der Waals surface area contributed by atoms with Gasteiger partial charge in [-0.25, -0.2) is 0 Å². The van der Waals surface area contributed by atoms with Crippen LogP contribution in [0.5, 0.6) is 5.75 Å². The van der Waals surface area contributed by atoms with Crippen molar-refractivity contribution >= 4 is 23.4 Å². The first-order valence-electron chi connectivity index (χ1n) is 8.67. The maximum Gasteiger partial charge on any atom is 0.234 e. The fraction of sp³-hybridized carbons (Fsp3) is 0.190. The second-order valence-corrected chi connectivity index (χ2v) is 6.87. The number of methoxy groups -OCH3 is 1. The van der Waals surface area contributed by atoms with Crippen LogP contribution in [-0.2, 0) is 11.2 Å². The van der Waals surface area contributed by atoms with Gasteiger partial charge in [0.15, 0.2) is 0 Å². The molecule has 1 heterocycles. The Bertz CT molecular complexity index is 896. The van der Waals surface area contributed by atoms with Crippen LogP contribution in [-0.4, -0.2) is 29.0 Å². The van der Waals surface area contributed by atoms with Crippen molar-refractivity contribution in [2.45, 2.75) is 18.4 Å². The lowest BCUT2D eigenvalue weighted by Crippen LogP contribution is -2.14. The number of aryl methyl sites for hydroxylation is 1. The molecule has 3 aromatic rings. The lowest BCUT2D eigenvalue weighted by atomic mass is 10.1. The highest BCUT2D eigenvalue weighted by Crippen LogP contribution is 2.23. The zero-order valence-electron chi connectivity index (χ0n) is 15.3. The topological polar surface area (TPSA) is 64.1 Å². The summed E-state index contributed by atoms with van der Waals surface area (Å²) in [5.41, 5.74) is 3.75. The Morgan fingerprint density at radius 1 is 1.07 bits per heavy atom. The van der Waals surface area contributed by atoms with Gasteiger partial charge in [0, 0.05) is 11.3 Å². The lowest BCUT2D eigenvalue weighted by molar-refractivity contribution is -0.113. The van der Waals surface area contributed by atoms with Gasteiger partial charge in [0.2, 0.25) is 5.91 Å². The number of benzene rings is 2. The van der Waals surface area contributed by atoms with E-state index < -0.39 is 0 Å². The van der Waals surface area contributed by atoms with Crippen molar-refractivity contribution in [1.82, 2.24) is 10.2 Å². The molecule has 5 nitrogen and oxygen atoms in total. The number of ether oxygens (including phenoxy) is 1. The molecular weight excluding hydrogens is 358 g/mol. The number of hydrogen-bond donors (Lipinski definition) is 1. The van der Waals surface area contributed by atoms with Crippen molar-refractivity contribution in [3.8, 4) is 17.0 Å². The lowest BCUT2D eigenvalue weighted by Gasteiger charge is -2.06. The number of carbonyl (C=O) groups is 1. The third-order valence-electron chi connectivity index (χ3n) is 4.00. The van der Waals surface area contributed by atoms with Crippen molar-refractivity contribution in [3.05, 3.63) is 66.2 Å². The highest BCUT2D eigenvalue weighted by atomic mass is 32.2. The summed E-state index contributed by atoms with van der Waals surface area (Å²) >= 11 is 1.36. The fourth-order valence-corrected chi connectivity index (χ4v) is 3.11. The molecule has 0 aliphatic carbocycles. The first-order chi connectivity index (χ1) is 13.2. The Labute approximate surface area is 163 Å². The SMILES string of the molecule is CCc1ccc(NC(=O)CSc2ccc(-c3cccc(OC)c3)nn2)cc1. The average Bonchev–Trinajstić information content (AvgIpc) is 2.73. The summed E-state index contributed by atoms with van der Waals surface area (Å²) in [4.78, 5) is 12.1. The van der Waals surface area contributed by atoms with Crippen molar-refractivity contribution in [3.63, 3.8) is 0 Å². The molecule has 1 aromatic heterocycles. The number of rotatable bonds is 7. The van der Waals surface area contributed by atoms with E-state index in [1.165, 1.54) is 17.3 Å². The van der Waals surface area contributed by atoms with Gasteiger partial charge in [-0.2, -0.15) is 0 Å². The molecule has 138 valence electrons. The number of hydrogen-bond acceptors (Lipinski definition) is 5. The van der Waals surface area contributed by atoms with Crippen LogP contribution < -0.4 is 10.1 Å². The monoisotopic (exact) mass is 379 g/mol. The van der Waals surface area contributed by atoms with E-state index in [9.17, 15) is 4.79 Å². The standard InChI is InChI=1S/C21H21N3O2S/c1-3-15-7-9-17(10-8-15)22-20(25)14-27-21-12-11-19(23-24-21)16-5-4-6-18(13-16)26-2/h4-13H,3,14H2,1-2H3,(H,22,25). The molecule has 0 aliphatic heterocycles. The zero-order chi connectivity index (χ0) is 19.1. The first kappa shape index (κ1) is 18.9. The molecule has 0 aliphatic rings. The molecule has 0 radical (unpaired) electrons. The number of anilines is 1. The van der Waals surface area contributed by atoms with Crippen LogP contribution in [0, 0.1) is 0 Å². The molecule has 2 aromatic carbocycles. The number of aromatic nitrogens is 2. The summed E-state index contributed by atoms with van der Waals surface area (Å²) in [5.74, 6) is 0.988. The molecule has 0 fully saturated rings. The molecule has 1 amide bonds. The Morgan fingerprint density at radius 3 is 2.56 bits per heavy atom. The third kappa shape index (κ3) is 5.31. The molecule has 27 heavy (non-hydrogen) atoms. The van der Waals surface area contributed by atoms with Crippen molar-refractivity contribution in [2.75, 3.05) is 18.2 Å². The Hall–Kier alpha value is -2.86. The van der Waals surface area contributed by atoms with E-state index in [1.54, 1.807) is 7.11 Å². The van der Waals surface area contributed by atoms with Crippen LogP contribution in [0.25, 0.3) is 11.3 Å². The maximum atomic E-state index is 12.1. The number of nitrogens with zero attached hydrogens (tertiary/aromatic N) is 2. The second kappa shape index (κ2) is 9.19. The van der Waals surface area contributed by atoms with Crippen molar-refractivity contribution in [1.29, 1.82) is 0 Å². The van der Waals surface area contributed by atoms with Gasteiger partial charge in [0.25, 0.3) is 0 Å². The summed E-state index contributed by atoms with van der Waals surface area (Å²) in [6, 6.07) is 19.3. The van der Waals surface area contributed by atoms with Gasteiger partial charge in [0.1, 0.15) is 10.8 Å². The number of nitrogens with one attached hydrogen (secondary N) is 1. The largest absolute Gasteiger partial charge is 0.497 e. The van der Waals surface area contributed by atoms with Gasteiger partial charge in [-0.3, -0.25) is 4.79 Å². The smallest absolute Gasteiger partial charge is 0.234 e. The quantitative estimate of drug-likeness (QED) is 0.615. The molecule has 0 atom stereocenters. The van der Waals surface area contributed by atoms with E-state index in [1.807, 2.05) is 60.7 Å². The van der Waals surface area contributed by atoms with Gasteiger partial charge in [0.05, 0.1) is 18.6 Å². The molecule has 0 saturated carbocycles. The highest BCUT2D eigenvalue weighted by Gasteiger charge is 2.07. The summed E-state index contributed by atoms with van der Waals surface area (Å²) in [6.45, 7) is 2.10. The Morgan fingerprint density at radius 2 is 1.89 bits per heavy atom. The predicted octanol–water partition coefficient (Wildman–Crippen LogP) is 4.45. The summed E-state index contributed by atoms with van der Waals surface area (Å²) in [7, 11) is 1.63. The summed E-state index contributed by atoms with van der Waals surface area (Å²) in [5, 5.41) is 12.0. The molecular formula is C21H21N3O2S. The zero-order valence-corrected chi connectivity index (χ0v) is 16.1. The molecule has 0 unspecified atom stereocenters. The Kier molecular flexibility index (Phi) is 6.44. The molecule has 1 N–H and O–H groups in total.